The van der Waals surface area contributed by atoms with E-state index >= 15 is 0 Å². The summed E-state index contributed by atoms with van der Waals surface area (Å²) in [5.41, 5.74) is 4.89. The first-order chi connectivity index (χ1) is 14.1. The molecular weight excluding hydrogens is 374 g/mol. The fourth-order valence-corrected chi connectivity index (χ4v) is 8.36. The topological polar surface area (TPSA) is 27.8 Å². The largest absolute Gasteiger partial charge is 0.372 e. The van der Waals surface area contributed by atoms with Crippen LogP contribution in [-0.2, 0) is 4.74 Å². The van der Waals surface area contributed by atoms with Gasteiger partial charge in [0.2, 0.25) is 0 Å². The minimum Gasteiger partial charge on any atom is -0.372 e. The molecule has 0 amide bonds. The fraction of sp³-hybridized carbons (Fsp3) is 0.417. The van der Waals surface area contributed by atoms with Crippen molar-refractivity contribution in [2.45, 2.75) is 26.4 Å². The monoisotopic (exact) mass is 406 g/mol. The van der Waals surface area contributed by atoms with Gasteiger partial charge in [-0.1, -0.05) is 12.6 Å². The number of hydrogen-bond acceptors (Lipinski definition) is 3. The third kappa shape index (κ3) is 3.58. The van der Waals surface area contributed by atoms with Gasteiger partial charge in [-0.2, -0.15) is 0 Å². The highest BCUT2D eigenvalue weighted by Crippen LogP contribution is 2.35. The van der Waals surface area contributed by atoms with Gasteiger partial charge in [0.25, 0.3) is 0 Å². The molecule has 0 saturated carbocycles. The molecule has 0 aromatic heterocycles. The highest BCUT2D eigenvalue weighted by molar-refractivity contribution is 7.02. The Kier molecular flexibility index (Phi) is 5.70. The van der Waals surface area contributed by atoms with Crippen LogP contribution in [0.2, 0.25) is 12.6 Å². The number of rotatable bonds is 5. The molecule has 0 N–H and O–H groups in total. The number of aliphatic imine (C=N–C) groups is 1. The van der Waals surface area contributed by atoms with E-state index in [0.717, 1.165) is 56.8 Å². The molecule has 152 valence electrons. The Bertz CT molecular complexity index is 931. The Balaban J connectivity index is 1.85. The number of anilines is 1. The van der Waals surface area contributed by atoms with Crippen LogP contribution in [0, 0.1) is 0 Å². The van der Waals surface area contributed by atoms with Crippen LogP contribution in [0.1, 0.15) is 13.8 Å². The van der Waals surface area contributed by atoms with Gasteiger partial charge in [-0.15, -0.1) is 6.58 Å². The van der Waals surface area contributed by atoms with Crippen molar-refractivity contribution in [2.24, 2.45) is 4.99 Å². The predicted molar refractivity (Wildman–Crippen MR) is 126 cm³/mol. The molecule has 0 radical (unpaired) electrons. The van der Waals surface area contributed by atoms with Gasteiger partial charge >= 0.3 is 0 Å². The molecule has 0 bridgehead atoms. The molecule has 2 aliphatic heterocycles. The van der Waals surface area contributed by atoms with Gasteiger partial charge < -0.3 is 9.64 Å². The van der Waals surface area contributed by atoms with E-state index < -0.39 is 8.07 Å². The smallest absolute Gasteiger partial charge is 0.200 e. The first kappa shape index (κ1) is 20.0. The molecule has 2 heterocycles. The van der Waals surface area contributed by atoms with Crippen LogP contribution in [0.3, 0.4) is 0 Å². The molecule has 1 aliphatic carbocycles. The molecule has 3 aliphatic rings. The van der Waals surface area contributed by atoms with Gasteiger partial charge in [0.1, 0.15) is 21.3 Å². The number of morpholine rings is 1. The summed E-state index contributed by atoms with van der Waals surface area (Å²) in [4.78, 5) is 7.48. The summed E-state index contributed by atoms with van der Waals surface area (Å²) in [6.07, 6.45) is 8.96. The summed E-state index contributed by atoms with van der Waals surface area (Å²) in [7, 11) is -1.97. The molecule has 1 saturated heterocycles. The maximum Gasteiger partial charge on any atom is 0.200 e. The Labute approximate surface area is 175 Å². The van der Waals surface area contributed by atoms with Gasteiger partial charge in [0.15, 0.2) is 18.8 Å². The Morgan fingerprint density at radius 2 is 1.97 bits per heavy atom. The number of benzene rings is 1. The molecule has 4 rings (SSSR count). The van der Waals surface area contributed by atoms with Crippen LogP contribution in [0.5, 0.6) is 0 Å². The molecule has 1 fully saturated rings. The van der Waals surface area contributed by atoms with Gasteiger partial charge in [-0.05, 0) is 54.5 Å². The normalized spacial score (nSPS) is 23.1. The SMILES string of the molecule is C=CC[Si]1(C)C2=CC(=[N+]3CCOCC3)C=CC2=Nc2ccc(N(CC)CC)cc21. The Morgan fingerprint density at radius 1 is 1.21 bits per heavy atom. The Morgan fingerprint density at radius 3 is 2.66 bits per heavy atom. The van der Waals surface area contributed by atoms with Crippen LogP contribution in [0.4, 0.5) is 11.4 Å². The van der Waals surface area contributed by atoms with Crippen molar-refractivity contribution in [1.29, 1.82) is 0 Å². The summed E-state index contributed by atoms with van der Waals surface area (Å²) in [6.45, 7) is 16.6. The molecule has 1 aromatic rings. The second kappa shape index (κ2) is 8.25. The van der Waals surface area contributed by atoms with Gasteiger partial charge in [-0.25, -0.2) is 9.57 Å². The molecule has 0 spiro atoms. The number of hydrogen-bond donors (Lipinski definition) is 0. The lowest BCUT2D eigenvalue weighted by Crippen LogP contribution is -2.52. The minimum atomic E-state index is -1.97. The summed E-state index contributed by atoms with van der Waals surface area (Å²) >= 11 is 0. The van der Waals surface area contributed by atoms with Crippen LogP contribution in [-0.4, -0.2) is 63.5 Å². The van der Waals surface area contributed by atoms with E-state index in [1.807, 2.05) is 0 Å². The molecule has 4 nitrogen and oxygen atoms in total. The molecule has 1 aromatic carbocycles. The zero-order chi connectivity index (χ0) is 20.4. The van der Waals surface area contributed by atoms with Crippen LogP contribution >= 0.6 is 0 Å². The van der Waals surface area contributed by atoms with Crippen molar-refractivity contribution in [1.82, 2.24) is 0 Å². The molecular formula is C24H32N3OSi+. The van der Waals surface area contributed by atoms with Crippen molar-refractivity contribution >= 4 is 36.1 Å². The Hall–Kier alpha value is -2.24. The fourth-order valence-electron chi connectivity index (χ4n) is 4.71. The second-order valence-corrected chi connectivity index (χ2v) is 12.3. The molecule has 29 heavy (non-hydrogen) atoms. The van der Waals surface area contributed by atoms with E-state index in [1.165, 1.54) is 21.8 Å². The third-order valence-corrected chi connectivity index (χ3v) is 10.7. The van der Waals surface area contributed by atoms with Crippen LogP contribution in [0.25, 0.3) is 0 Å². The van der Waals surface area contributed by atoms with E-state index in [9.17, 15) is 0 Å². The average Bonchev–Trinajstić information content (AvgIpc) is 2.76. The zero-order valence-corrected chi connectivity index (χ0v) is 18.9. The van der Waals surface area contributed by atoms with E-state index in [2.05, 4.69) is 79.0 Å². The van der Waals surface area contributed by atoms with Crippen molar-refractivity contribution in [2.75, 3.05) is 44.3 Å². The molecule has 1 unspecified atom stereocenters. The van der Waals surface area contributed by atoms with Crippen LogP contribution < -0.4 is 10.1 Å². The zero-order valence-electron chi connectivity index (χ0n) is 17.9. The standard InChI is InChI=1S/C24H32N3OSi/c1-5-16-29(4)23-17-19(26(6-2)7-3)8-10-21(23)25-22-11-9-20(18-24(22)29)27-12-14-28-15-13-27/h5,8-11,17-18H,1,6-7,12-16H2,2-4H3/q+1. The maximum absolute atomic E-state index is 5.55. The quantitative estimate of drug-likeness (QED) is 0.323. The lowest BCUT2D eigenvalue weighted by Gasteiger charge is -2.36. The van der Waals surface area contributed by atoms with E-state index in [1.54, 1.807) is 0 Å². The van der Waals surface area contributed by atoms with Crippen LogP contribution in [0.15, 0.2) is 59.3 Å². The summed E-state index contributed by atoms with van der Waals surface area (Å²) in [5.74, 6) is 0. The van der Waals surface area contributed by atoms with Gasteiger partial charge in [0, 0.05) is 30.9 Å². The van der Waals surface area contributed by atoms with E-state index in [0.29, 0.717) is 0 Å². The first-order valence-electron chi connectivity index (χ1n) is 10.8. The van der Waals surface area contributed by atoms with Crippen molar-refractivity contribution < 1.29 is 9.31 Å². The summed E-state index contributed by atoms with van der Waals surface area (Å²) in [6, 6.07) is 7.88. The number of nitrogens with zero attached hydrogens (tertiary/aromatic N) is 3. The highest BCUT2D eigenvalue weighted by Gasteiger charge is 2.41. The molecule has 5 heteroatoms. The predicted octanol–water partition coefficient (Wildman–Crippen LogP) is 3.61. The highest BCUT2D eigenvalue weighted by atomic mass is 28.3. The van der Waals surface area contributed by atoms with Crippen molar-refractivity contribution in [3.63, 3.8) is 0 Å². The third-order valence-electron chi connectivity index (χ3n) is 6.45. The number of allylic oxidation sites excluding steroid dienone is 5. The number of ether oxygens (including phenoxy) is 1. The lowest BCUT2D eigenvalue weighted by atomic mass is 10.1. The van der Waals surface area contributed by atoms with Gasteiger partial charge in [-0.3, -0.25) is 0 Å². The number of fused-ring (bicyclic) bond motifs is 2. The average molecular weight is 407 g/mol. The maximum atomic E-state index is 5.55. The van der Waals surface area contributed by atoms with Crippen molar-refractivity contribution in [3.8, 4) is 0 Å². The van der Waals surface area contributed by atoms with Gasteiger partial charge in [0.05, 0.1) is 11.4 Å². The lowest BCUT2D eigenvalue weighted by molar-refractivity contribution is -0.547. The van der Waals surface area contributed by atoms with Crippen molar-refractivity contribution in [3.05, 3.63) is 54.3 Å². The summed E-state index contributed by atoms with van der Waals surface area (Å²) < 4.78 is 7.99. The van der Waals surface area contributed by atoms with E-state index in [4.69, 9.17) is 9.73 Å². The molecule has 1 atom stereocenters. The second-order valence-electron chi connectivity index (χ2n) is 8.11. The van der Waals surface area contributed by atoms with E-state index in [-0.39, 0.29) is 0 Å². The minimum absolute atomic E-state index is 0.804. The first-order valence-corrected chi connectivity index (χ1v) is 13.5. The summed E-state index contributed by atoms with van der Waals surface area (Å²) in [5, 5.41) is 2.87.